The number of nitrogen functional groups attached to an aromatic ring is 1. The molecule has 2 N–H and O–H groups in total. The van der Waals surface area contributed by atoms with Crippen molar-refractivity contribution < 1.29 is 4.79 Å². The molecule has 100 valence electrons. The van der Waals surface area contributed by atoms with Crippen LogP contribution in [-0.2, 0) is 4.79 Å². The van der Waals surface area contributed by atoms with Gasteiger partial charge in [0.05, 0.1) is 11.0 Å². The number of nitrogens with two attached hydrogens (primary N) is 1. The number of nitrogens with zero attached hydrogens (tertiary/aromatic N) is 4. The van der Waals surface area contributed by atoms with E-state index in [4.69, 9.17) is 5.73 Å². The molecule has 1 rings (SSSR count). The van der Waals surface area contributed by atoms with Crippen molar-refractivity contribution in [3.05, 3.63) is 10.7 Å². The van der Waals surface area contributed by atoms with Crippen molar-refractivity contribution in [2.75, 3.05) is 37.3 Å². The Balaban J connectivity index is 2.79. The largest absolute Gasteiger partial charge is 0.368 e. The van der Waals surface area contributed by atoms with Gasteiger partial charge in [-0.1, -0.05) is 0 Å². The van der Waals surface area contributed by atoms with Crippen LogP contribution in [0.2, 0.25) is 0 Å². The van der Waals surface area contributed by atoms with Crippen LogP contribution in [0.1, 0.15) is 13.8 Å². The summed E-state index contributed by atoms with van der Waals surface area (Å²) >= 11 is 3.35. The summed E-state index contributed by atoms with van der Waals surface area (Å²) in [5.74, 6) is 0.866. The number of hydrogen-bond donors (Lipinski definition) is 1. The fraction of sp³-hybridized carbons (Fsp3) is 0.545. The maximum atomic E-state index is 12.0. The van der Waals surface area contributed by atoms with Crippen LogP contribution < -0.4 is 10.6 Å². The highest BCUT2D eigenvalue weighted by Crippen LogP contribution is 2.22. The number of anilines is 2. The highest BCUT2D eigenvalue weighted by Gasteiger charge is 2.15. The first-order valence-electron chi connectivity index (χ1n) is 5.76. The van der Waals surface area contributed by atoms with E-state index in [1.54, 1.807) is 23.0 Å². The van der Waals surface area contributed by atoms with Gasteiger partial charge in [-0.15, -0.1) is 0 Å². The minimum Gasteiger partial charge on any atom is -0.368 e. The van der Waals surface area contributed by atoms with Gasteiger partial charge in [0.2, 0.25) is 11.9 Å². The highest BCUT2D eigenvalue weighted by atomic mass is 79.9. The van der Waals surface area contributed by atoms with Gasteiger partial charge in [-0.3, -0.25) is 4.79 Å². The smallest absolute Gasteiger partial charge is 0.242 e. The lowest BCUT2D eigenvalue weighted by atomic mass is 10.4. The van der Waals surface area contributed by atoms with E-state index in [0.717, 1.165) is 0 Å². The predicted molar refractivity (Wildman–Crippen MR) is 75.3 cm³/mol. The second-order valence-corrected chi connectivity index (χ2v) is 4.68. The van der Waals surface area contributed by atoms with Crippen LogP contribution in [0.25, 0.3) is 0 Å². The molecule has 0 bridgehead atoms. The molecular weight excluding hydrogens is 298 g/mol. The van der Waals surface area contributed by atoms with Crippen molar-refractivity contribution in [3.63, 3.8) is 0 Å². The Morgan fingerprint density at radius 1 is 1.44 bits per heavy atom. The predicted octanol–water partition coefficient (Wildman–Crippen LogP) is 1.13. The first-order valence-corrected chi connectivity index (χ1v) is 6.55. The first kappa shape index (κ1) is 14.7. The molecule has 1 aromatic rings. The van der Waals surface area contributed by atoms with E-state index >= 15 is 0 Å². The molecule has 0 spiro atoms. The molecule has 1 heterocycles. The average Bonchev–Trinajstić information content (AvgIpc) is 2.33. The van der Waals surface area contributed by atoms with Crippen LogP contribution >= 0.6 is 15.9 Å². The lowest BCUT2D eigenvalue weighted by Gasteiger charge is -2.24. The fourth-order valence-corrected chi connectivity index (χ4v) is 2.09. The van der Waals surface area contributed by atoms with Crippen LogP contribution in [0.5, 0.6) is 0 Å². The molecule has 0 saturated heterocycles. The van der Waals surface area contributed by atoms with E-state index in [0.29, 0.717) is 23.4 Å². The van der Waals surface area contributed by atoms with Crippen LogP contribution in [0.15, 0.2) is 10.7 Å². The Kier molecular flexibility index (Phi) is 5.33. The number of hydrogen-bond acceptors (Lipinski definition) is 5. The Morgan fingerprint density at radius 2 is 2.06 bits per heavy atom. The second kappa shape index (κ2) is 6.53. The lowest BCUT2D eigenvalue weighted by molar-refractivity contribution is -0.129. The van der Waals surface area contributed by atoms with Crippen molar-refractivity contribution in [1.29, 1.82) is 0 Å². The SMILES string of the molecule is CCN(CC)C(=O)CN(C)c1nc(N)ncc1Br. The Labute approximate surface area is 115 Å². The van der Waals surface area contributed by atoms with Gasteiger partial charge in [0, 0.05) is 26.3 Å². The molecule has 0 aliphatic carbocycles. The topological polar surface area (TPSA) is 75.4 Å². The summed E-state index contributed by atoms with van der Waals surface area (Å²) in [6.07, 6.45) is 1.58. The maximum absolute atomic E-state index is 12.0. The summed E-state index contributed by atoms with van der Waals surface area (Å²) in [7, 11) is 1.80. The quantitative estimate of drug-likeness (QED) is 0.881. The Hall–Kier alpha value is -1.37. The molecule has 0 unspecified atom stereocenters. The zero-order valence-electron chi connectivity index (χ0n) is 10.9. The summed E-state index contributed by atoms with van der Waals surface area (Å²) < 4.78 is 0.714. The normalized spacial score (nSPS) is 10.2. The molecule has 0 saturated carbocycles. The highest BCUT2D eigenvalue weighted by molar-refractivity contribution is 9.10. The molecular formula is C11H18BrN5O. The number of amides is 1. The van der Waals surface area contributed by atoms with Gasteiger partial charge in [0.1, 0.15) is 5.82 Å². The minimum absolute atomic E-state index is 0.0617. The third-order valence-corrected chi connectivity index (χ3v) is 3.15. The van der Waals surface area contributed by atoms with Crippen LogP contribution in [0.3, 0.4) is 0 Å². The first-order chi connectivity index (χ1) is 8.49. The monoisotopic (exact) mass is 315 g/mol. The van der Waals surface area contributed by atoms with Gasteiger partial charge in [0.25, 0.3) is 0 Å². The van der Waals surface area contributed by atoms with Gasteiger partial charge < -0.3 is 15.5 Å². The van der Waals surface area contributed by atoms with Gasteiger partial charge in [0.15, 0.2) is 0 Å². The molecule has 7 heteroatoms. The molecule has 0 atom stereocenters. The average molecular weight is 316 g/mol. The van der Waals surface area contributed by atoms with E-state index in [-0.39, 0.29) is 18.4 Å². The third kappa shape index (κ3) is 3.56. The summed E-state index contributed by atoms with van der Waals surface area (Å²) in [6, 6.07) is 0. The van der Waals surface area contributed by atoms with E-state index in [2.05, 4.69) is 25.9 Å². The molecule has 1 amide bonds. The maximum Gasteiger partial charge on any atom is 0.242 e. The molecule has 0 aliphatic rings. The van der Waals surface area contributed by atoms with Crippen LogP contribution in [0, 0.1) is 0 Å². The second-order valence-electron chi connectivity index (χ2n) is 3.82. The van der Waals surface area contributed by atoms with Gasteiger partial charge in [-0.05, 0) is 29.8 Å². The lowest BCUT2D eigenvalue weighted by Crippen LogP contribution is -2.39. The van der Waals surface area contributed by atoms with E-state index in [9.17, 15) is 4.79 Å². The van der Waals surface area contributed by atoms with Crippen molar-refractivity contribution >= 4 is 33.6 Å². The molecule has 18 heavy (non-hydrogen) atoms. The summed E-state index contributed by atoms with van der Waals surface area (Å²) in [5.41, 5.74) is 5.54. The minimum atomic E-state index is 0.0617. The molecule has 6 nitrogen and oxygen atoms in total. The molecule has 1 aromatic heterocycles. The molecule has 0 fully saturated rings. The Morgan fingerprint density at radius 3 is 2.61 bits per heavy atom. The fourth-order valence-electron chi connectivity index (χ4n) is 1.59. The van der Waals surface area contributed by atoms with Crippen LogP contribution in [-0.4, -0.2) is 47.5 Å². The number of rotatable bonds is 5. The molecule has 0 aliphatic heterocycles. The standard InChI is InChI=1S/C11H18BrN5O/c1-4-17(5-2)9(18)7-16(3)10-8(12)6-14-11(13)15-10/h6H,4-5,7H2,1-3H3,(H2,13,14,15). The number of carbonyl (C=O) groups is 1. The summed E-state index contributed by atoms with van der Waals surface area (Å²) in [6.45, 7) is 5.59. The van der Waals surface area contributed by atoms with Crippen molar-refractivity contribution in [1.82, 2.24) is 14.9 Å². The number of aromatic nitrogens is 2. The summed E-state index contributed by atoms with van der Waals surface area (Å²) in [5, 5.41) is 0. The number of carbonyl (C=O) groups excluding carboxylic acids is 1. The van der Waals surface area contributed by atoms with Gasteiger partial charge >= 0.3 is 0 Å². The van der Waals surface area contributed by atoms with E-state index < -0.39 is 0 Å². The van der Waals surface area contributed by atoms with E-state index in [1.807, 2.05) is 13.8 Å². The molecule has 0 aromatic carbocycles. The summed E-state index contributed by atoms with van der Waals surface area (Å²) in [4.78, 5) is 23.5. The number of likely N-dealkylation sites (N-methyl/N-ethyl adjacent to an activating group) is 2. The number of halogens is 1. The van der Waals surface area contributed by atoms with Gasteiger partial charge in [-0.2, -0.15) is 4.98 Å². The third-order valence-electron chi connectivity index (χ3n) is 2.59. The molecule has 0 radical (unpaired) electrons. The van der Waals surface area contributed by atoms with Gasteiger partial charge in [-0.25, -0.2) is 4.98 Å². The van der Waals surface area contributed by atoms with Crippen molar-refractivity contribution in [3.8, 4) is 0 Å². The van der Waals surface area contributed by atoms with Crippen molar-refractivity contribution in [2.45, 2.75) is 13.8 Å². The van der Waals surface area contributed by atoms with Crippen LogP contribution in [0.4, 0.5) is 11.8 Å². The van der Waals surface area contributed by atoms with E-state index in [1.165, 1.54) is 0 Å². The zero-order chi connectivity index (χ0) is 13.7. The Bertz CT molecular complexity index is 422. The zero-order valence-corrected chi connectivity index (χ0v) is 12.4. The van der Waals surface area contributed by atoms with Crippen molar-refractivity contribution in [2.24, 2.45) is 0 Å².